The van der Waals surface area contributed by atoms with Gasteiger partial charge in [-0.15, -0.1) is 0 Å². The van der Waals surface area contributed by atoms with Crippen LogP contribution in [0.25, 0.3) is 0 Å². The summed E-state index contributed by atoms with van der Waals surface area (Å²) in [5.74, 6) is -0.300. The van der Waals surface area contributed by atoms with E-state index in [0.717, 1.165) is 0 Å². The molecule has 1 atom stereocenters. The fraction of sp³-hybridized carbons (Fsp3) is 0.125. The van der Waals surface area contributed by atoms with E-state index >= 15 is 0 Å². The summed E-state index contributed by atoms with van der Waals surface area (Å²) in [4.78, 5) is 24.0. The molecule has 0 saturated heterocycles. The van der Waals surface area contributed by atoms with Crippen molar-refractivity contribution in [1.82, 2.24) is 5.32 Å². The van der Waals surface area contributed by atoms with E-state index in [4.69, 9.17) is 11.6 Å². The zero-order valence-corrected chi connectivity index (χ0v) is 12.6. The number of para-hydroxylation sites is 1. The van der Waals surface area contributed by atoms with Crippen LogP contribution in [0, 0.1) is 0 Å². The predicted octanol–water partition coefficient (Wildman–Crippen LogP) is 3.32. The highest BCUT2D eigenvalue weighted by Gasteiger charge is 2.22. The van der Waals surface area contributed by atoms with Crippen LogP contribution in [0.15, 0.2) is 54.6 Å². The molecule has 5 nitrogen and oxygen atoms in total. The van der Waals surface area contributed by atoms with Gasteiger partial charge in [-0.2, -0.15) is 0 Å². The number of ketones is 1. The lowest BCUT2D eigenvalue weighted by Gasteiger charge is -2.20. The number of ether oxygens (including phenoxy) is 1. The lowest BCUT2D eigenvalue weighted by Crippen LogP contribution is -2.46. The molecule has 0 unspecified atom stereocenters. The summed E-state index contributed by atoms with van der Waals surface area (Å²) in [6, 6.07) is 15.6. The van der Waals surface area contributed by atoms with Crippen molar-refractivity contribution >= 4 is 29.2 Å². The first-order valence-corrected chi connectivity index (χ1v) is 6.94. The zero-order valence-electron chi connectivity index (χ0n) is 11.9. The van der Waals surface area contributed by atoms with Gasteiger partial charge in [-0.1, -0.05) is 54.1 Å². The molecule has 0 aliphatic rings. The molecule has 0 saturated carbocycles. The average molecular weight is 319 g/mol. The van der Waals surface area contributed by atoms with Gasteiger partial charge in [0.25, 0.3) is 0 Å². The van der Waals surface area contributed by atoms with E-state index in [1.165, 1.54) is 7.11 Å². The number of anilines is 1. The molecule has 0 bridgehead atoms. The van der Waals surface area contributed by atoms with Gasteiger partial charge in [-0.3, -0.25) is 10.1 Å². The SMILES string of the molecule is COC(=O)N[C@@H](Nc1ccccc1Cl)C(=O)c1ccccc1. The van der Waals surface area contributed by atoms with Crippen molar-refractivity contribution in [3.05, 3.63) is 65.2 Å². The number of carbonyl (C=O) groups is 2. The standard InChI is InChI=1S/C16H15ClN2O3/c1-22-16(21)19-15(14(20)11-7-3-2-4-8-11)18-13-10-6-5-9-12(13)17/h2-10,15,18H,1H3,(H,19,21)/t15-/m1/s1. The summed E-state index contributed by atoms with van der Waals surface area (Å²) in [5.41, 5.74) is 0.998. The Labute approximate surface area is 133 Å². The smallest absolute Gasteiger partial charge is 0.408 e. The number of hydrogen-bond donors (Lipinski definition) is 2. The van der Waals surface area contributed by atoms with Crippen LogP contribution in [0.3, 0.4) is 0 Å². The maximum atomic E-state index is 12.5. The minimum atomic E-state index is -0.991. The maximum absolute atomic E-state index is 12.5. The number of hydrogen-bond acceptors (Lipinski definition) is 4. The Hall–Kier alpha value is -2.53. The molecule has 2 aromatic carbocycles. The molecule has 22 heavy (non-hydrogen) atoms. The first kappa shape index (κ1) is 15.9. The molecule has 0 fully saturated rings. The molecule has 0 aliphatic carbocycles. The van der Waals surface area contributed by atoms with Gasteiger partial charge in [0, 0.05) is 5.56 Å². The van der Waals surface area contributed by atoms with Crippen molar-refractivity contribution in [1.29, 1.82) is 0 Å². The van der Waals surface area contributed by atoms with Gasteiger partial charge < -0.3 is 10.1 Å². The Kier molecular flexibility index (Phi) is 5.38. The second-order valence-electron chi connectivity index (χ2n) is 4.42. The lowest BCUT2D eigenvalue weighted by molar-refractivity contribution is 0.0944. The van der Waals surface area contributed by atoms with Crippen molar-refractivity contribution in [2.75, 3.05) is 12.4 Å². The highest BCUT2D eigenvalue weighted by Crippen LogP contribution is 2.21. The van der Waals surface area contributed by atoms with Gasteiger partial charge in [-0.05, 0) is 12.1 Å². The molecular formula is C16H15ClN2O3. The zero-order chi connectivity index (χ0) is 15.9. The van der Waals surface area contributed by atoms with E-state index in [1.54, 1.807) is 54.6 Å². The lowest BCUT2D eigenvalue weighted by atomic mass is 10.1. The number of rotatable bonds is 5. The van der Waals surface area contributed by atoms with Crippen molar-refractivity contribution in [3.8, 4) is 0 Å². The number of Topliss-reactive ketones (excluding diaryl/α,β-unsaturated/α-hetero) is 1. The minimum Gasteiger partial charge on any atom is -0.453 e. The van der Waals surface area contributed by atoms with Crippen molar-refractivity contribution in [3.63, 3.8) is 0 Å². The summed E-state index contributed by atoms with van der Waals surface area (Å²) in [6.07, 6.45) is -1.71. The van der Waals surface area contributed by atoms with Crippen LogP contribution >= 0.6 is 11.6 Å². The van der Waals surface area contributed by atoms with Gasteiger partial charge in [0.2, 0.25) is 5.78 Å². The summed E-state index contributed by atoms with van der Waals surface area (Å²) in [6.45, 7) is 0. The van der Waals surface area contributed by atoms with Crippen molar-refractivity contribution in [2.45, 2.75) is 6.17 Å². The fourth-order valence-electron chi connectivity index (χ4n) is 1.85. The normalized spacial score (nSPS) is 11.4. The van der Waals surface area contributed by atoms with Crippen LogP contribution in [-0.4, -0.2) is 25.2 Å². The summed E-state index contributed by atoms with van der Waals surface area (Å²) in [5, 5.41) is 5.82. The van der Waals surface area contributed by atoms with Crippen LogP contribution in [0.2, 0.25) is 5.02 Å². The maximum Gasteiger partial charge on any atom is 0.408 e. The van der Waals surface area contributed by atoms with Crippen LogP contribution in [0.1, 0.15) is 10.4 Å². The summed E-state index contributed by atoms with van der Waals surface area (Å²) >= 11 is 6.07. The van der Waals surface area contributed by atoms with E-state index < -0.39 is 12.3 Å². The van der Waals surface area contributed by atoms with Gasteiger partial charge in [0.15, 0.2) is 6.17 Å². The molecule has 0 radical (unpaired) electrons. The first-order valence-electron chi connectivity index (χ1n) is 6.56. The Morgan fingerprint density at radius 1 is 1.05 bits per heavy atom. The second kappa shape index (κ2) is 7.47. The molecule has 2 aromatic rings. The molecule has 6 heteroatoms. The molecular weight excluding hydrogens is 304 g/mol. The quantitative estimate of drug-likeness (QED) is 0.655. The van der Waals surface area contributed by atoms with Gasteiger partial charge in [0.05, 0.1) is 17.8 Å². The van der Waals surface area contributed by atoms with Crippen LogP contribution in [-0.2, 0) is 4.74 Å². The van der Waals surface area contributed by atoms with Crippen molar-refractivity contribution in [2.24, 2.45) is 0 Å². The second-order valence-corrected chi connectivity index (χ2v) is 4.83. The fourth-order valence-corrected chi connectivity index (χ4v) is 2.04. The molecule has 0 spiro atoms. The van der Waals surface area contributed by atoms with E-state index in [9.17, 15) is 9.59 Å². The highest BCUT2D eigenvalue weighted by molar-refractivity contribution is 6.33. The van der Waals surface area contributed by atoms with Crippen molar-refractivity contribution < 1.29 is 14.3 Å². The molecule has 0 aliphatic heterocycles. The monoisotopic (exact) mass is 318 g/mol. The van der Waals surface area contributed by atoms with E-state index in [0.29, 0.717) is 16.3 Å². The van der Waals surface area contributed by atoms with E-state index in [-0.39, 0.29) is 5.78 Å². The number of benzene rings is 2. The molecule has 1 amide bonds. The Morgan fingerprint density at radius 2 is 1.68 bits per heavy atom. The van der Waals surface area contributed by atoms with Crippen LogP contribution in [0.5, 0.6) is 0 Å². The Bertz CT molecular complexity index is 661. The van der Waals surface area contributed by atoms with E-state index in [1.807, 2.05) is 0 Å². The van der Waals surface area contributed by atoms with E-state index in [2.05, 4.69) is 15.4 Å². The largest absolute Gasteiger partial charge is 0.453 e. The molecule has 0 heterocycles. The summed E-state index contributed by atoms with van der Waals surface area (Å²) < 4.78 is 4.56. The topological polar surface area (TPSA) is 67.4 Å². The molecule has 0 aromatic heterocycles. The number of amides is 1. The third kappa shape index (κ3) is 3.99. The van der Waals surface area contributed by atoms with Gasteiger partial charge >= 0.3 is 6.09 Å². The van der Waals surface area contributed by atoms with Gasteiger partial charge in [0.1, 0.15) is 0 Å². The molecule has 114 valence electrons. The van der Waals surface area contributed by atoms with Crippen LogP contribution in [0.4, 0.5) is 10.5 Å². The Morgan fingerprint density at radius 3 is 2.32 bits per heavy atom. The third-order valence-electron chi connectivity index (χ3n) is 2.94. The minimum absolute atomic E-state index is 0.300. The highest BCUT2D eigenvalue weighted by atomic mass is 35.5. The number of methoxy groups -OCH3 is 1. The third-order valence-corrected chi connectivity index (χ3v) is 3.27. The predicted molar refractivity (Wildman–Crippen MR) is 85.2 cm³/mol. The number of alkyl carbamates (subject to hydrolysis) is 1. The summed E-state index contributed by atoms with van der Waals surface area (Å²) in [7, 11) is 1.23. The first-order chi connectivity index (χ1) is 10.6. The number of carbonyl (C=O) groups excluding carboxylic acids is 2. The average Bonchev–Trinajstić information content (AvgIpc) is 2.56. The van der Waals surface area contributed by atoms with Gasteiger partial charge in [-0.25, -0.2) is 4.79 Å². The van der Waals surface area contributed by atoms with Crippen LogP contribution < -0.4 is 10.6 Å². The number of nitrogens with one attached hydrogen (secondary N) is 2. The molecule has 2 rings (SSSR count). The molecule has 2 N–H and O–H groups in total. The number of halogens is 1. The Balaban J connectivity index is 2.25.